The van der Waals surface area contributed by atoms with Crippen LogP contribution < -0.4 is 5.32 Å². The average Bonchev–Trinajstić information content (AvgIpc) is 2.58. The van der Waals surface area contributed by atoms with Crippen molar-refractivity contribution in [1.29, 1.82) is 0 Å². The Morgan fingerprint density at radius 3 is 2.73 bits per heavy atom. The lowest BCUT2D eigenvalue weighted by Crippen LogP contribution is -2.34. The molecular weight excluding hydrogens is 190 g/mol. The molecule has 0 aliphatic carbocycles. The van der Waals surface area contributed by atoms with Crippen molar-refractivity contribution in [3.8, 4) is 0 Å². The van der Waals surface area contributed by atoms with Gasteiger partial charge in [-0.05, 0) is 19.3 Å². The third-order valence-electron chi connectivity index (χ3n) is 2.56. The Kier molecular flexibility index (Phi) is 4.78. The number of hydrogen-bond acceptors (Lipinski definition) is 3. The van der Waals surface area contributed by atoms with Crippen LogP contribution in [0.2, 0.25) is 0 Å². The molecule has 0 bridgehead atoms. The van der Waals surface area contributed by atoms with Crippen LogP contribution in [-0.4, -0.2) is 27.7 Å². The molecule has 1 heterocycles. The molecule has 0 aliphatic rings. The molecule has 1 rings (SSSR count). The zero-order chi connectivity index (χ0) is 11.3. The lowest BCUT2D eigenvalue weighted by molar-refractivity contribution is 0.243. The maximum absolute atomic E-state index is 8.93. The number of aliphatic hydroxyl groups excluding tert-OH is 1. The Morgan fingerprint density at radius 1 is 1.53 bits per heavy atom. The van der Waals surface area contributed by atoms with Gasteiger partial charge < -0.3 is 15.4 Å². The van der Waals surface area contributed by atoms with Crippen molar-refractivity contribution < 1.29 is 5.11 Å². The first kappa shape index (κ1) is 12.2. The molecule has 15 heavy (non-hydrogen) atoms. The van der Waals surface area contributed by atoms with E-state index in [0.717, 1.165) is 24.5 Å². The molecule has 0 fully saturated rings. The number of H-pyrrole nitrogens is 1. The summed E-state index contributed by atoms with van der Waals surface area (Å²) in [6.07, 6.45) is 2.64. The highest BCUT2D eigenvalue weighted by Crippen LogP contribution is 2.06. The van der Waals surface area contributed by atoms with Crippen molar-refractivity contribution in [3.63, 3.8) is 0 Å². The number of nitrogens with one attached hydrogen (secondary N) is 2. The van der Waals surface area contributed by atoms with Gasteiger partial charge in [0.15, 0.2) is 0 Å². The van der Waals surface area contributed by atoms with Crippen molar-refractivity contribution in [2.45, 2.75) is 39.8 Å². The van der Waals surface area contributed by atoms with E-state index in [1.807, 2.05) is 13.1 Å². The largest absolute Gasteiger partial charge is 0.396 e. The highest BCUT2D eigenvalue weighted by Gasteiger charge is 2.11. The number of aryl methyl sites for hydroxylation is 1. The lowest BCUT2D eigenvalue weighted by Gasteiger charge is -2.21. The van der Waals surface area contributed by atoms with Crippen LogP contribution in [0, 0.1) is 12.8 Å². The molecule has 0 saturated heterocycles. The van der Waals surface area contributed by atoms with Crippen LogP contribution >= 0.6 is 0 Å². The van der Waals surface area contributed by atoms with Crippen LogP contribution in [0.1, 0.15) is 31.8 Å². The fourth-order valence-electron chi connectivity index (χ4n) is 1.61. The Bertz CT molecular complexity index is 283. The van der Waals surface area contributed by atoms with Gasteiger partial charge in [0.1, 0.15) is 5.82 Å². The zero-order valence-corrected chi connectivity index (χ0v) is 9.75. The Morgan fingerprint density at radius 2 is 2.27 bits per heavy atom. The molecule has 1 aromatic rings. The number of aliphatic hydroxyl groups is 1. The van der Waals surface area contributed by atoms with Gasteiger partial charge in [-0.3, -0.25) is 0 Å². The number of hydrogen-bond donors (Lipinski definition) is 3. The molecule has 0 amide bonds. The first-order valence-electron chi connectivity index (χ1n) is 5.48. The average molecular weight is 211 g/mol. The van der Waals surface area contributed by atoms with E-state index in [1.165, 1.54) is 0 Å². The highest BCUT2D eigenvalue weighted by atomic mass is 16.3. The van der Waals surface area contributed by atoms with Gasteiger partial charge in [-0.25, -0.2) is 4.98 Å². The van der Waals surface area contributed by atoms with Crippen molar-refractivity contribution >= 4 is 0 Å². The Labute approximate surface area is 91.1 Å². The van der Waals surface area contributed by atoms with Gasteiger partial charge in [-0.15, -0.1) is 0 Å². The molecule has 4 heteroatoms. The van der Waals surface area contributed by atoms with Gasteiger partial charge in [0.2, 0.25) is 0 Å². The number of aromatic nitrogens is 2. The van der Waals surface area contributed by atoms with E-state index in [2.05, 4.69) is 29.1 Å². The molecule has 1 atom stereocenters. The smallest absolute Gasteiger partial charge is 0.103 e. The van der Waals surface area contributed by atoms with Gasteiger partial charge in [-0.2, -0.15) is 0 Å². The number of imidazole rings is 1. The van der Waals surface area contributed by atoms with Crippen LogP contribution in [0.5, 0.6) is 0 Å². The predicted octanol–water partition coefficient (Wildman–Crippen LogP) is 1.21. The van der Waals surface area contributed by atoms with E-state index in [-0.39, 0.29) is 6.61 Å². The maximum Gasteiger partial charge on any atom is 0.103 e. The molecule has 0 aliphatic heterocycles. The Hall–Kier alpha value is -0.870. The third kappa shape index (κ3) is 4.01. The van der Waals surface area contributed by atoms with Crippen LogP contribution in [0.15, 0.2) is 6.20 Å². The van der Waals surface area contributed by atoms with Gasteiger partial charge in [0, 0.05) is 31.1 Å². The van der Waals surface area contributed by atoms with Crippen LogP contribution in [-0.2, 0) is 6.54 Å². The van der Waals surface area contributed by atoms with E-state index in [0.29, 0.717) is 12.0 Å². The normalized spacial score (nSPS) is 13.4. The quantitative estimate of drug-likeness (QED) is 0.663. The van der Waals surface area contributed by atoms with E-state index in [9.17, 15) is 0 Å². The summed E-state index contributed by atoms with van der Waals surface area (Å²) < 4.78 is 0. The third-order valence-corrected chi connectivity index (χ3v) is 2.56. The maximum atomic E-state index is 8.93. The lowest BCUT2D eigenvalue weighted by atomic mass is 10.0. The second-order valence-corrected chi connectivity index (χ2v) is 4.24. The van der Waals surface area contributed by atoms with Crippen molar-refractivity contribution in [2.24, 2.45) is 5.92 Å². The van der Waals surface area contributed by atoms with Gasteiger partial charge >= 0.3 is 0 Å². The minimum absolute atomic E-state index is 0.234. The van der Waals surface area contributed by atoms with Crippen LogP contribution in [0.4, 0.5) is 0 Å². The van der Waals surface area contributed by atoms with E-state index in [1.54, 1.807) is 0 Å². The Balaban J connectivity index is 2.39. The van der Waals surface area contributed by atoms with E-state index < -0.39 is 0 Å². The van der Waals surface area contributed by atoms with Crippen molar-refractivity contribution in [1.82, 2.24) is 15.3 Å². The molecular formula is C11H21N3O. The van der Waals surface area contributed by atoms with Crippen molar-refractivity contribution in [3.05, 3.63) is 17.7 Å². The van der Waals surface area contributed by atoms with E-state index >= 15 is 0 Å². The van der Waals surface area contributed by atoms with Gasteiger partial charge in [0.25, 0.3) is 0 Å². The molecule has 0 radical (unpaired) electrons. The number of aromatic amines is 1. The molecule has 1 aromatic heterocycles. The summed E-state index contributed by atoms with van der Waals surface area (Å²) in [5.74, 6) is 1.47. The van der Waals surface area contributed by atoms with Crippen LogP contribution in [0.25, 0.3) is 0 Å². The fourth-order valence-corrected chi connectivity index (χ4v) is 1.61. The van der Waals surface area contributed by atoms with E-state index in [4.69, 9.17) is 5.11 Å². The monoisotopic (exact) mass is 211 g/mol. The summed E-state index contributed by atoms with van der Waals surface area (Å²) in [7, 11) is 0. The minimum Gasteiger partial charge on any atom is -0.396 e. The number of nitrogens with zero attached hydrogens (tertiary/aromatic N) is 1. The predicted molar refractivity (Wildman–Crippen MR) is 60.5 cm³/mol. The summed E-state index contributed by atoms with van der Waals surface area (Å²) in [6, 6.07) is 0.360. The summed E-state index contributed by atoms with van der Waals surface area (Å²) >= 11 is 0. The zero-order valence-electron chi connectivity index (χ0n) is 9.75. The summed E-state index contributed by atoms with van der Waals surface area (Å²) in [5.41, 5.74) is 1.09. The molecule has 3 N–H and O–H groups in total. The minimum atomic E-state index is 0.234. The second-order valence-electron chi connectivity index (χ2n) is 4.24. The molecule has 0 saturated carbocycles. The standard InChI is InChI=1S/C11H21N3O/c1-8(2)11(4-5-15)13-7-10-6-12-9(3)14-10/h6,8,11,13,15H,4-5,7H2,1-3H3,(H,12,14). The van der Waals surface area contributed by atoms with Gasteiger partial charge in [-0.1, -0.05) is 13.8 Å². The molecule has 4 nitrogen and oxygen atoms in total. The van der Waals surface area contributed by atoms with Crippen molar-refractivity contribution in [2.75, 3.05) is 6.61 Å². The van der Waals surface area contributed by atoms with Crippen LogP contribution in [0.3, 0.4) is 0 Å². The summed E-state index contributed by atoms with van der Waals surface area (Å²) in [6.45, 7) is 7.27. The topological polar surface area (TPSA) is 60.9 Å². The SMILES string of the molecule is Cc1ncc(CNC(CCO)C(C)C)[nH]1. The number of rotatable bonds is 6. The molecule has 1 unspecified atom stereocenters. The summed E-state index contributed by atoms with van der Waals surface area (Å²) in [5, 5.41) is 12.3. The first-order chi connectivity index (χ1) is 7.13. The summed E-state index contributed by atoms with van der Waals surface area (Å²) in [4.78, 5) is 7.32. The molecule has 86 valence electrons. The fraction of sp³-hybridized carbons (Fsp3) is 0.727. The highest BCUT2D eigenvalue weighted by molar-refractivity contribution is 4.99. The second kappa shape index (κ2) is 5.88. The first-order valence-corrected chi connectivity index (χ1v) is 5.48. The van der Waals surface area contributed by atoms with Gasteiger partial charge in [0.05, 0.1) is 0 Å². The molecule has 0 aromatic carbocycles. The molecule has 0 spiro atoms.